The van der Waals surface area contributed by atoms with Gasteiger partial charge in [0.25, 0.3) is 5.91 Å². The van der Waals surface area contributed by atoms with E-state index in [1.165, 1.54) is 19.3 Å². The number of rotatable bonds is 4. The van der Waals surface area contributed by atoms with Crippen molar-refractivity contribution in [2.75, 3.05) is 5.32 Å². The summed E-state index contributed by atoms with van der Waals surface area (Å²) < 4.78 is 1.84. The molecule has 28 heavy (non-hydrogen) atoms. The van der Waals surface area contributed by atoms with Gasteiger partial charge in [0.2, 0.25) is 0 Å². The average molecular weight is 374 g/mol. The highest BCUT2D eigenvalue weighted by Gasteiger charge is 2.64. The van der Waals surface area contributed by atoms with E-state index in [-0.39, 0.29) is 0 Å². The molecule has 2 atom stereocenters. The normalized spacial score (nSPS) is 25.3. The quantitative estimate of drug-likeness (QED) is 0.707. The number of aromatic nitrogens is 2. The summed E-state index contributed by atoms with van der Waals surface area (Å²) in [6, 6.07) is 12.7. The standard InChI is InChI=1S/C23H26N4O/c1-22(2)9-6-10-23(22)12-19(23)26-20-17(21(24)28)13-25-27-14-16(11-18(20)27)15-7-4-3-5-8-15/h3-5,7-8,11,13-14,19,26H,6,9-10,12H2,1-2H3,(H2,24,28)/t19-,23-/m0/s1. The van der Waals surface area contributed by atoms with Crippen LogP contribution in [0.2, 0.25) is 0 Å². The van der Waals surface area contributed by atoms with Gasteiger partial charge in [-0.1, -0.05) is 50.6 Å². The molecule has 5 heteroatoms. The average Bonchev–Trinajstić information content (AvgIpc) is 3.06. The Morgan fingerprint density at radius 3 is 2.68 bits per heavy atom. The summed E-state index contributed by atoms with van der Waals surface area (Å²) in [5.41, 5.74) is 10.7. The molecule has 0 aliphatic heterocycles. The van der Waals surface area contributed by atoms with Crippen molar-refractivity contribution in [3.05, 3.63) is 54.4 Å². The van der Waals surface area contributed by atoms with Gasteiger partial charge in [0.05, 0.1) is 23.0 Å². The van der Waals surface area contributed by atoms with E-state index >= 15 is 0 Å². The van der Waals surface area contributed by atoms with Gasteiger partial charge in [-0.3, -0.25) is 4.79 Å². The van der Waals surface area contributed by atoms with Gasteiger partial charge in [0, 0.05) is 17.8 Å². The first-order valence-electron chi connectivity index (χ1n) is 10.0. The number of fused-ring (bicyclic) bond motifs is 1. The molecule has 5 nitrogen and oxygen atoms in total. The number of nitrogens with zero attached hydrogens (tertiary/aromatic N) is 2. The highest BCUT2D eigenvalue weighted by molar-refractivity contribution is 6.02. The van der Waals surface area contributed by atoms with E-state index in [2.05, 4.69) is 42.5 Å². The van der Waals surface area contributed by atoms with Crippen LogP contribution in [0.4, 0.5) is 5.69 Å². The summed E-state index contributed by atoms with van der Waals surface area (Å²) in [6.07, 6.45) is 8.54. The fraction of sp³-hybridized carbons (Fsp3) is 0.391. The lowest BCUT2D eigenvalue weighted by atomic mass is 9.78. The number of nitrogens with one attached hydrogen (secondary N) is 1. The van der Waals surface area contributed by atoms with Crippen molar-refractivity contribution >= 4 is 17.1 Å². The number of carbonyl (C=O) groups is 1. The molecule has 3 N–H and O–H groups in total. The minimum Gasteiger partial charge on any atom is -0.379 e. The maximum atomic E-state index is 12.1. The van der Waals surface area contributed by atoms with Crippen molar-refractivity contribution < 1.29 is 4.79 Å². The second kappa shape index (κ2) is 5.84. The number of hydrogen-bond acceptors (Lipinski definition) is 3. The summed E-state index contributed by atoms with van der Waals surface area (Å²) in [7, 11) is 0. The van der Waals surface area contributed by atoms with E-state index in [0.29, 0.717) is 22.4 Å². The van der Waals surface area contributed by atoms with Crippen molar-refractivity contribution in [1.29, 1.82) is 0 Å². The van der Waals surface area contributed by atoms with E-state index in [9.17, 15) is 4.79 Å². The summed E-state index contributed by atoms with van der Waals surface area (Å²) in [4.78, 5) is 12.1. The molecule has 2 heterocycles. The number of benzene rings is 1. The van der Waals surface area contributed by atoms with E-state index in [4.69, 9.17) is 5.73 Å². The lowest BCUT2D eigenvalue weighted by Gasteiger charge is -2.28. The molecule has 0 saturated heterocycles. The third-order valence-electron chi connectivity index (χ3n) is 7.18. The molecule has 5 rings (SSSR count). The largest absolute Gasteiger partial charge is 0.379 e. The molecule has 1 amide bonds. The van der Waals surface area contributed by atoms with Gasteiger partial charge in [-0.05, 0) is 41.7 Å². The third kappa shape index (κ3) is 2.45. The second-order valence-corrected chi connectivity index (χ2v) is 9.02. The highest BCUT2D eigenvalue weighted by atomic mass is 16.1. The number of hydrogen-bond donors (Lipinski definition) is 2. The Hall–Kier alpha value is -2.82. The minimum atomic E-state index is -0.444. The van der Waals surface area contributed by atoms with Crippen molar-refractivity contribution in [2.24, 2.45) is 16.6 Å². The highest BCUT2D eigenvalue weighted by Crippen LogP contribution is 2.68. The number of carbonyl (C=O) groups excluding carboxylic acids is 1. The van der Waals surface area contributed by atoms with Crippen LogP contribution in [-0.2, 0) is 0 Å². The minimum absolute atomic E-state index is 0.330. The Morgan fingerprint density at radius 1 is 1.21 bits per heavy atom. The van der Waals surface area contributed by atoms with Gasteiger partial charge >= 0.3 is 0 Å². The van der Waals surface area contributed by atoms with Crippen LogP contribution in [0.15, 0.2) is 48.8 Å². The van der Waals surface area contributed by atoms with Crippen LogP contribution in [-0.4, -0.2) is 21.6 Å². The van der Waals surface area contributed by atoms with E-state index in [1.54, 1.807) is 6.20 Å². The molecule has 1 aromatic carbocycles. The fourth-order valence-corrected chi connectivity index (χ4v) is 5.31. The summed E-state index contributed by atoms with van der Waals surface area (Å²) >= 11 is 0. The van der Waals surface area contributed by atoms with Gasteiger partial charge < -0.3 is 11.1 Å². The van der Waals surface area contributed by atoms with Gasteiger partial charge in [-0.2, -0.15) is 5.10 Å². The Bertz CT molecular complexity index is 1070. The molecule has 2 aliphatic rings. The number of nitrogens with two attached hydrogens (primary N) is 1. The van der Waals surface area contributed by atoms with Gasteiger partial charge in [-0.15, -0.1) is 0 Å². The first-order chi connectivity index (χ1) is 13.4. The molecular weight excluding hydrogens is 348 g/mol. The summed E-state index contributed by atoms with van der Waals surface area (Å²) in [6.45, 7) is 4.76. The first kappa shape index (κ1) is 17.3. The predicted molar refractivity (Wildman–Crippen MR) is 111 cm³/mol. The monoisotopic (exact) mass is 374 g/mol. The second-order valence-electron chi connectivity index (χ2n) is 9.02. The fourth-order valence-electron chi connectivity index (χ4n) is 5.31. The first-order valence-corrected chi connectivity index (χ1v) is 10.0. The molecule has 2 aromatic heterocycles. The SMILES string of the molecule is CC1(C)CCC[C@@]12C[C@@H]2Nc1c(C(N)=O)cnn2cc(-c3ccccc3)cc12. The number of anilines is 1. The summed E-state index contributed by atoms with van der Waals surface area (Å²) in [5, 5.41) is 8.13. The maximum absolute atomic E-state index is 12.1. The van der Waals surface area contributed by atoms with E-state index in [0.717, 1.165) is 28.8 Å². The maximum Gasteiger partial charge on any atom is 0.252 e. The van der Waals surface area contributed by atoms with Crippen molar-refractivity contribution in [3.8, 4) is 11.1 Å². The van der Waals surface area contributed by atoms with Gasteiger partial charge in [0.1, 0.15) is 0 Å². The van der Waals surface area contributed by atoms with Gasteiger partial charge in [0.15, 0.2) is 0 Å². The lowest BCUT2D eigenvalue weighted by molar-refractivity contribution is 0.100. The van der Waals surface area contributed by atoms with Crippen LogP contribution in [0.25, 0.3) is 16.6 Å². The van der Waals surface area contributed by atoms with Crippen LogP contribution >= 0.6 is 0 Å². The zero-order valence-electron chi connectivity index (χ0n) is 16.4. The van der Waals surface area contributed by atoms with Crippen molar-refractivity contribution in [3.63, 3.8) is 0 Å². The Morgan fingerprint density at radius 2 is 2.00 bits per heavy atom. The van der Waals surface area contributed by atoms with Crippen molar-refractivity contribution in [2.45, 2.75) is 45.6 Å². The van der Waals surface area contributed by atoms with Crippen LogP contribution < -0.4 is 11.1 Å². The van der Waals surface area contributed by atoms with Crippen LogP contribution in [0, 0.1) is 10.8 Å². The lowest BCUT2D eigenvalue weighted by Crippen LogP contribution is -2.26. The third-order valence-corrected chi connectivity index (χ3v) is 7.18. The molecule has 2 fully saturated rings. The summed E-state index contributed by atoms with van der Waals surface area (Å²) in [5.74, 6) is -0.444. The van der Waals surface area contributed by atoms with Crippen LogP contribution in [0.1, 0.15) is 49.9 Å². The van der Waals surface area contributed by atoms with Crippen LogP contribution in [0.5, 0.6) is 0 Å². The van der Waals surface area contributed by atoms with Crippen LogP contribution in [0.3, 0.4) is 0 Å². The smallest absolute Gasteiger partial charge is 0.252 e. The van der Waals surface area contributed by atoms with Gasteiger partial charge in [-0.25, -0.2) is 4.52 Å². The van der Waals surface area contributed by atoms with E-state index < -0.39 is 5.91 Å². The molecule has 144 valence electrons. The zero-order valence-corrected chi connectivity index (χ0v) is 16.4. The molecule has 2 saturated carbocycles. The number of primary amides is 1. The number of amides is 1. The molecular formula is C23H26N4O. The Labute approximate surface area is 164 Å². The molecule has 3 aromatic rings. The topological polar surface area (TPSA) is 72.4 Å². The molecule has 0 unspecified atom stereocenters. The molecule has 0 bridgehead atoms. The van der Waals surface area contributed by atoms with Crippen molar-refractivity contribution in [1.82, 2.24) is 9.61 Å². The molecule has 2 aliphatic carbocycles. The Balaban J connectivity index is 1.58. The van der Waals surface area contributed by atoms with E-state index in [1.807, 2.05) is 28.9 Å². The predicted octanol–water partition coefficient (Wildman–Crippen LogP) is 4.48. The zero-order chi connectivity index (χ0) is 19.5. The molecule has 0 radical (unpaired) electrons. The molecule has 1 spiro atoms. The Kier molecular flexibility index (Phi) is 3.60.